The number of pyridine rings is 2. The van der Waals surface area contributed by atoms with Crippen molar-refractivity contribution in [1.82, 2.24) is 19.8 Å². The second kappa shape index (κ2) is 10.3. The minimum Gasteiger partial charge on any atom is -0.481 e. The van der Waals surface area contributed by atoms with Crippen LogP contribution < -0.4 is 4.74 Å². The van der Waals surface area contributed by atoms with Gasteiger partial charge in [0.25, 0.3) is 5.91 Å². The van der Waals surface area contributed by atoms with Crippen LogP contribution in [-0.2, 0) is 28.9 Å². The molecule has 35 heavy (non-hydrogen) atoms. The van der Waals surface area contributed by atoms with E-state index in [9.17, 15) is 9.59 Å². The van der Waals surface area contributed by atoms with Gasteiger partial charge in [0.15, 0.2) is 5.78 Å². The molecule has 1 fully saturated rings. The molecular weight excluding hydrogens is 468 g/mol. The minimum absolute atomic E-state index is 0.00562. The molecule has 2 aliphatic heterocycles. The lowest BCUT2D eigenvalue weighted by Gasteiger charge is -2.32. The number of aromatic nitrogens is 2. The smallest absolute Gasteiger partial charge is 0.255 e. The molecule has 0 aliphatic carbocycles. The lowest BCUT2D eigenvalue weighted by Crippen LogP contribution is -2.42. The van der Waals surface area contributed by atoms with Crippen LogP contribution in [0.3, 0.4) is 0 Å². The second-order valence-electron chi connectivity index (χ2n) is 8.83. The van der Waals surface area contributed by atoms with E-state index in [2.05, 4.69) is 9.88 Å². The summed E-state index contributed by atoms with van der Waals surface area (Å²) in [6, 6.07) is 9.50. The van der Waals surface area contributed by atoms with Crippen molar-refractivity contribution in [3.8, 4) is 5.88 Å². The quantitative estimate of drug-likeness (QED) is 0.521. The van der Waals surface area contributed by atoms with Crippen molar-refractivity contribution in [2.45, 2.75) is 19.4 Å². The first-order valence-electron chi connectivity index (χ1n) is 11.7. The first-order valence-corrected chi connectivity index (χ1v) is 12.1. The molecule has 1 saturated heterocycles. The summed E-state index contributed by atoms with van der Waals surface area (Å²) in [5, 5.41) is 1.32. The van der Waals surface area contributed by atoms with Crippen molar-refractivity contribution in [3.05, 3.63) is 63.9 Å². The van der Waals surface area contributed by atoms with E-state index >= 15 is 0 Å². The summed E-state index contributed by atoms with van der Waals surface area (Å²) in [6.45, 7) is 3.67. The largest absolute Gasteiger partial charge is 0.481 e. The fraction of sp³-hybridized carbons (Fsp3) is 0.385. The number of amides is 1. The van der Waals surface area contributed by atoms with Crippen molar-refractivity contribution in [3.63, 3.8) is 0 Å². The zero-order chi connectivity index (χ0) is 24.4. The van der Waals surface area contributed by atoms with Crippen LogP contribution in [0.1, 0.15) is 27.2 Å². The van der Waals surface area contributed by atoms with E-state index in [0.29, 0.717) is 67.8 Å². The molecule has 0 radical (unpaired) electrons. The fourth-order valence-electron chi connectivity index (χ4n) is 4.85. The van der Waals surface area contributed by atoms with Gasteiger partial charge in [0.05, 0.1) is 43.0 Å². The number of hydrogen-bond donors (Lipinski definition) is 0. The van der Waals surface area contributed by atoms with Crippen molar-refractivity contribution >= 4 is 34.2 Å². The molecule has 0 saturated carbocycles. The third-order valence-electron chi connectivity index (χ3n) is 6.51. The van der Waals surface area contributed by atoms with Crippen molar-refractivity contribution in [1.29, 1.82) is 0 Å². The van der Waals surface area contributed by atoms with Crippen LogP contribution >= 0.6 is 11.6 Å². The zero-order valence-corrected chi connectivity index (χ0v) is 20.4. The standard InChI is InChI=1S/C26H27ClN4O4/c1-34-25-17(12-18(27)14-28-25)13-19(32)15-30-7-6-23-21(16-30)24(20-4-2-3-5-22(20)29-23)26(33)31-8-10-35-11-9-31/h2-5,12,14H,6-11,13,15-16H2,1H3. The Hall–Kier alpha value is -3.07. The molecule has 0 unspecified atom stereocenters. The average Bonchev–Trinajstić information content (AvgIpc) is 2.87. The van der Waals surface area contributed by atoms with Gasteiger partial charge in [-0.3, -0.25) is 19.5 Å². The molecule has 0 spiro atoms. The number of ether oxygens (including phenoxy) is 2. The molecule has 1 aromatic carbocycles. The average molecular weight is 495 g/mol. The first kappa shape index (κ1) is 23.7. The van der Waals surface area contributed by atoms with Crippen LogP contribution in [-0.4, -0.2) is 78.0 Å². The molecule has 0 bridgehead atoms. The molecule has 5 rings (SSSR count). The normalized spacial score (nSPS) is 16.2. The maximum Gasteiger partial charge on any atom is 0.255 e. The third-order valence-corrected chi connectivity index (χ3v) is 6.72. The number of ketones is 1. The summed E-state index contributed by atoms with van der Waals surface area (Å²) < 4.78 is 10.7. The number of para-hydroxylation sites is 1. The molecule has 2 aliphatic rings. The van der Waals surface area contributed by atoms with E-state index in [1.807, 2.05) is 29.2 Å². The predicted octanol–water partition coefficient (Wildman–Crippen LogP) is 2.93. The molecule has 0 N–H and O–H groups in total. The van der Waals surface area contributed by atoms with Crippen LogP contribution in [0.4, 0.5) is 0 Å². The molecule has 0 atom stereocenters. The molecule has 1 amide bonds. The molecule has 4 heterocycles. The number of nitrogens with zero attached hydrogens (tertiary/aromatic N) is 4. The van der Waals surface area contributed by atoms with Gasteiger partial charge < -0.3 is 14.4 Å². The Labute approximate surface area is 208 Å². The van der Waals surface area contributed by atoms with E-state index in [0.717, 1.165) is 22.2 Å². The molecule has 8 nitrogen and oxygen atoms in total. The van der Waals surface area contributed by atoms with Gasteiger partial charge in [0.2, 0.25) is 5.88 Å². The highest BCUT2D eigenvalue weighted by Gasteiger charge is 2.29. The number of methoxy groups -OCH3 is 1. The summed E-state index contributed by atoms with van der Waals surface area (Å²) in [7, 11) is 1.52. The lowest BCUT2D eigenvalue weighted by atomic mass is 9.94. The van der Waals surface area contributed by atoms with Crippen molar-refractivity contribution in [2.75, 3.05) is 46.5 Å². The van der Waals surface area contributed by atoms with Gasteiger partial charge in [-0.25, -0.2) is 4.98 Å². The van der Waals surface area contributed by atoms with Gasteiger partial charge in [0, 0.05) is 67.4 Å². The fourth-order valence-corrected chi connectivity index (χ4v) is 5.03. The molecule has 3 aromatic rings. The molecule has 2 aromatic heterocycles. The summed E-state index contributed by atoms with van der Waals surface area (Å²) in [5.74, 6) is 0.442. The lowest BCUT2D eigenvalue weighted by molar-refractivity contribution is -0.119. The van der Waals surface area contributed by atoms with Crippen molar-refractivity contribution in [2.24, 2.45) is 0 Å². The van der Waals surface area contributed by atoms with Crippen LogP contribution in [0, 0.1) is 0 Å². The van der Waals surface area contributed by atoms with Crippen LogP contribution in [0.25, 0.3) is 10.9 Å². The monoisotopic (exact) mass is 494 g/mol. The third kappa shape index (κ3) is 5.00. The van der Waals surface area contributed by atoms with Crippen LogP contribution in [0.15, 0.2) is 36.5 Å². The van der Waals surface area contributed by atoms with Gasteiger partial charge in [0.1, 0.15) is 0 Å². The number of hydrogen-bond acceptors (Lipinski definition) is 7. The Bertz CT molecular complexity index is 1280. The predicted molar refractivity (Wildman–Crippen MR) is 132 cm³/mol. The minimum atomic E-state index is 0.00562. The Kier molecular flexibility index (Phi) is 6.95. The summed E-state index contributed by atoms with van der Waals surface area (Å²) in [5.41, 5.74) is 4.04. The highest BCUT2D eigenvalue weighted by molar-refractivity contribution is 6.30. The van der Waals surface area contributed by atoms with Gasteiger partial charge in [-0.15, -0.1) is 0 Å². The maximum atomic E-state index is 13.7. The zero-order valence-electron chi connectivity index (χ0n) is 19.6. The molecule has 9 heteroatoms. The number of benzene rings is 1. The SMILES string of the molecule is COc1ncc(Cl)cc1CC(=O)CN1CCc2nc3ccccc3c(C(=O)N3CCOCC3)c2C1. The van der Waals surface area contributed by atoms with E-state index in [1.165, 1.54) is 13.3 Å². The second-order valence-corrected chi connectivity index (χ2v) is 9.27. The Morgan fingerprint density at radius 3 is 2.77 bits per heavy atom. The summed E-state index contributed by atoms with van der Waals surface area (Å²) >= 11 is 6.07. The highest BCUT2D eigenvalue weighted by Crippen LogP contribution is 2.30. The Morgan fingerprint density at radius 2 is 1.97 bits per heavy atom. The number of carbonyl (C=O) groups is 2. The van der Waals surface area contributed by atoms with E-state index in [-0.39, 0.29) is 24.7 Å². The van der Waals surface area contributed by atoms with Gasteiger partial charge in [-0.1, -0.05) is 29.8 Å². The number of morpholine rings is 1. The number of carbonyl (C=O) groups excluding carboxylic acids is 2. The summed E-state index contributed by atoms with van der Waals surface area (Å²) in [4.78, 5) is 39.6. The topological polar surface area (TPSA) is 84.9 Å². The number of rotatable bonds is 6. The number of fused-ring (bicyclic) bond motifs is 2. The number of halogens is 1. The Balaban J connectivity index is 1.41. The molecule has 182 valence electrons. The number of Topliss-reactive ketones (excluding diaryl/α,β-unsaturated/α-hetero) is 1. The highest BCUT2D eigenvalue weighted by atomic mass is 35.5. The van der Waals surface area contributed by atoms with Gasteiger partial charge in [-0.2, -0.15) is 0 Å². The maximum absolute atomic E-state index is 13.7. The van der Waals surface area contributed by atoms with Gasteiger partial charge in [-0.05, 0) is 12.1 Å². The summed E-state index contributed by atoms with van der Waals surface area (Å²) in [6.07, 6.45) is 2.36. The van der Waals surface area contributed by atoms with E-state index in [1.54, 1.807) is 6.07 Å². The van der Waals surface area contributed by atoms with Crippen molar-refractivity contribution < 1.29 is 19.1 Å². The molecular formula is C26H27ClN4O4. The van der Waals surface area contributed by atoms with Crippen LogP contribution in [0.2, 0.25) is 5.02 Å². The first-order chi connectivity index (χ1) is 17.0. The van der Waals surface area contributed by atoms with Gasteiger partial charge >= 0.3 is 0 Å². The van der Waals surface area contributed by atoms with Crippen LogP contribution in [0.5, 0.6) is 5.88 Å². The van der Waals surface area contributed by atoms with E-state index in [4.69, 9.17) is 26.1 Å². The van der Waals surface area contributed by atoms with E-state index < -0.39 is 0 Å². The Morgan fingerprint density at radius 1 is 1.17 bits per heavy atom.